The van der Waals surface area contributed by atoms with E-state index in [-0.39, 0.29) is 12.5 Å². The van der Waals surface area contributed by atoms with Crippen molar-refractivity contribution in [2.75, 3.05) is 13.7 Å². The third-order valence-corrected chi connectivity index (χ3v) is 4.87. The van der Waals surface area contributed by atoms with Crippen molar-refractivity contribution in [3.8, 4) is 23.3 Å². The second-order valence-corrected chi connectivity index (χ2v) is 7.28. The average Bonchev–Trinajstić information content (AvgIpc) is 2.67. The third kappa shape index (κ3) is 5.61. The molecular formula is C22H22BrNO4. The number of allylic oxidation sites excluding steroid dienone is 1. The van der Waals surface area contributed by atoms with Crippen LogP contribution in [0.15, 0.2) is 40.9 Å². The predicted octanol–water partition coefficient (Wildman–Crippen LogP) is 5.41. The number of carbonyl (C=O) groups is 1. The van der Waals surface area contributed by atoms with Gasteiger partial charge in [-0.1, -0.05) is 35.8 Å². The Morgan fingerprint density at radius 3 is 2.61 bits per heavy atom. The molecule has 2 rings (SSSR count). The third-order valence-electron chi connectivity index (χ3n) is 4.02. The number of nitriles is 1. The Hall–Kier alpha value is -2.78. The minimum Gasteiger partial charge on any atom is -0.493 e. The van der Waals surface area contributed by atoms with E-state index in [0.29, 0.717) is 17.2 Å². The van der Waals surface area contributed by atoms with Crippen molar-refractivity contribution in [1.82, 2.24) is 0 Å². The summed E-state index contributed by atoms with van der Waals surface area (Å²) in [6.45, 7) is 5.87. The van der Waals surface area contributed by atoms with E-state index < -0.39 is 5.97 Å². The lowest BCUT2D eigenvalue weighted by Crippen LogP contribution is -2.18. The standard InChI is InChI=1S/C22H22BrNO4/c1-14(2)17-12-18(23)15(3)10-20(17)27-13-22(25)28-19-8-7-16(6-5-9-24)11-21(19)26-4/h5-8,10-12,14H,13H2,1-4H3/b6-5-. The second-order valence-electron chi connectivity index (χ2n) is 6.43. The van der Waals surface area contributed by atoms with Gasteiger partial charge < -0.3 is 14.2 Å². The van der Waals surface area contributed by atoms with Crippen molar-refractivity contribution >= 4 is 28.0 Å². The first-order chi connectivity index (χ1) is 13.3. The molecule has 2 aromatic carbocycles. The highest BCUT2D eigenvalue weighted by Gasteiger charge is 2.15. The summed E-state index contributed by atoms with van der Waals surface area (Å²) in [7, 11) is 1.49. The van der Waals surface area contributed by atoms with Gasteiger partial charge in [-0.15, -0.1) is 0 Å². The molecule has 146 valence electrons. The van der Waals surface area contributed by atoms with Crippen molar-refractivity contribution < 1.29 is 19.0 Å². The van der Waals surface area contributed by atoms with Gasteiger partial charge in [0.15, 0.2) is 18.1 Å². The number of hydrogen-bond donors (Lipinski definition) is 0. The zero-order chi connectivity index (χ0) is 20.7. The molecule has 0 saturated heterocycles. The van der Waals surface area contributed by atoms with Gasteiger partial charge in [-0.25, -0.2) is 4.79 Å². The molecule has 0 saturated carbocycles. The summed E-state index contributed by atoms with van der Waals surface area (Å²) in [6.07, 6.45) is 3.00. The molecule has 5 nitrogen and oxygen atoms in total. The maximum atomic E-state index is 12.3. The van der Waals surface area contributed by atoms with Crippen molar-refractivity contribution in [2.24, 2.45) is 0 Å². The minimum absolute atomic E-state index is 0.222. The quantitative estimate of drug-likeness (QED) is 0.325. The Bertz CT molecular complexity index is 929. The van der Waals surface area contributed by atoms with Gasteiger partial charge in [0, 0.05) is 10.5 Å². The number of halogens is 1. The van der Waals surface area contributed by atoms with E-state index in [1.54, 1.807) is 24.3 Å². The summed E-state index contributed by atoms with van der Waals surface area (Å²) >= 11 is 3.53. The van der Waals surface area contributed by atoms with E-state index in [0.717, 1.165) is 21.2 Å². The Balaban J connectivity index is 2.10. The van der Waals surface area contributed by atoms with Crippen LogP contribution in [0.4, 0.5) is 0 Å². The summed E-state index contributed by atoms with van der Waals surface area (Å²) in [4.78, 5) is 12.3. The summed E-state index contributed by atoms with van der Waals surface area (Å²) in [5.41, 5.74) is 2.80. The van der Waals surface area contributed by atoms with Gasteiger partial charge in [0.05, 0.1) is 13.2 Å². The molecule has 0 spiro atoms. The van der Waals surface area contributed by atoms with Crippen LogP contribution in [-0.4, -0.2) is 19.7 Å². The van der Waals surface area contributed by atoms with Crippen LogP contribution in [0.1, 0.15) is 36.5 Å². The van der Waals surface area contributed by atoms with Crippen molar-refractivity contribution in [1.29, 1.82) is 5.26 Å². The first-order valence-electron chi connectivity index (χ1n) is 8.73. The van der Waals surface area contributed by atoms with Gasteiger partial charge in [0.1, 0.15) is 5.75 Å². The minimum atomic E-state index is -0.533. The van der Waals surface area contributed by atoms with E-state index >= 15 is 0 Å². The van der Waals surface area contributed by atoms with Crippen LogP contribution >= 0.6 is 15.9 Å². The first kappa shape index (κ1) is 21.5. The van der Waals surface area contributed by atoms with Crippen LogP contribution in [-0.2, 0) is 4.79 Å². The largest absolute Gasteiger partial charge is 0.493 e. The molecule has 0 unspecified atom stereocenters. The summed E-state index contributed by atoms with van der Waals surface area (Å²) < 4.78 is 17.4. The molecule has 0 aliphatic rings. The summed E-state index contributed by atoms with van der Waals surface area (Å²) in [5, 5.41) is 8.61. The molecule has 28 heavy (non-hydrogen) atoms. The predicted molar refractivity (Wildman–Crippen MR) is 112 cm³/mol. The first-order valence-corrected chi connectivity index (χ1v) is 9.52. The fraction of sp³-hybridized carbons (Fsp3) is 0.273. The lowest BCUT2D eigenvalue weighted by atomic mass is 10.0. The molecule has 6 heteroatoms. The number of esters is 1. The molecule has 0 N–H and O–H groups in total. The van der Waals surface area contributed by atoms with E-state index in [9.17, 15) is 4.79 Å². The van der Waals surface area contributed by atoms with Crippen molar-refractivity contribution in [3.05, 3.63) is 57.6 Å². The van der Waals surface area contributed by atoms with E-state index in [1.165, 1.54) is 13.2 Å². The van der Waals surface area contributed by atoms with Crippen molar-refractivity contribution in [3.63, 3.8) is 0 Å². The number of rotatable bonds is 7. The smallest absolute Gasteiger partial charge is 0.349 e. The highest BCUT2D eigenvalue weighted by Crippen LogP contribution is 2.32. The molecule has 0 radical (unpaired) electrons. The fourth-order valence-electron chi connectivity index (χ4n) is 2.54. The van der Waals surface area contributed by atoms with Gasteiger partial charge in [-0.05, 0) is 59.9 Å². The molecule has 0 heterocycles. The van der Waals surface area contributed by atoms with Gasteiger partial charge in [0.25, 0.3) is 0 Å². The highest BCUT2D eigenvalue weighted by molar-refractivity contribution is 9.10. The SMILES string of the molecule is COc1cc(/C=C\C#N)ccc1OC(=O)COc1cc(C)c(Br)cc1C(C)C. The van der Waals surface area contributed by atoms with E-state index in [1.807, 2.05) is 25.1 Å². The van der Waals surface area contributed by atoms with E-state index in [4.69, 9.17) is 19.5 Å². The Morgan fingerprint density at radius 2 is 1.96 bits per heavy atom. The number of benzene rings is 2. The van der Waals surface area contributed by atoms with Crippen LogP contribution in [0.25, 0.3) is 6.08 Å². The lowest BCUT2D eigenvalue weighted by Gasteiger charge is -2.16. The zero-order valence-electron chi connectivity index (χ0n) is 16.3. The Kier molecular flexibility index (Phi) is 7.65. The molecule has 0 aromatic heterocycles. The fourth-order valence-corrected chi connectivity index (χ4v) is 2.90. The monoisotopic (exact) mass is 443 g/mol. The second kappa shape index (κ2) is 9.95. The number of nitrogens with zero attached hydrogens (tertiary/aromatic N) is 1. The average molecular weight is 444 g/mol. The normalized spacial score (nSPS) is 10.8. The van der Waals surface area contributed by atoms with Gasteiger partial charge >= 0.3 is 5.97 Å². The van der Waals surface area contributed by atoms with Gasteiger partial charge in [-0.3, -0.25) is 0 Å². The number of methoxy groups -OCH3 is 1. The van der Waals surface area contributed by atoms with Crippen LogP contribution in [0.3, 0.4) is 0 Å². The van der Waals surface area contributed by atoms with Crippen LogP contribution < -0.4 is 14.2 Å². The molecule has 0 fully saturated rings. The lowest BCUT2D eigenvalue weighted by molar-refractivity contribution is -0.136. The number of carbonyl (C=O) groups excluding carboxylic acids is 1. The van der Waals surface area contributed by atoms with Gasteiger partial charge in [-0.2, -0.15) is 5.26 Å². The molecule has 0 amide bonds. The maximum absolute atomic E-state index is 12.3. The van der Waals surface area contributed by atoms with Crippen molar-refractivity contribution in [2.45, 2.75) is 26.7 Å². The molecule has 0 aliphatic carbocycles. The number of ether oxygens (including phenoxy) is 3. The van der Waals surface area contributed by atoms with Crippen LogP contribution in [0.5, 0.6) is 17.2 Å². The van der Waals surface area contributed by atoms with Crippen LogP contribution in [0.2, 0.25) is 0 Å². The molecule has 0 bridgehead atoms. The molecule has 0 atom stereocenters. The molecule has 2 aromatic rings. The van der Waals surface area contributed by atoms with Gasteiger partial charge in [0.2, 0.25) is 0 Å². The summed E-state index contributed by atoms with van der Waals surface area (Å²) in [5.74, 6) is 1.07. The topological polar surface area (TPSA) is 68.5 Å². The van der Waals surface area contributed by atoms with Crippen LogP contribution in [0, 0.1) is 18.3 Å². The zero-order valence-corrected chi connectivity index (χ0v) is 17.9. The highest BCUT2D eigenvalue weighted by atomic mass is 79.9. The number of aryl methyl sites for hydroxylation is 1. The summed E-state index contributed by atoms with van der Waals surface area (Å²) in [6, 6.07) is 10.9. The maximum Gasteiger partial charge on any atom is 0.349 e. The molecule has 0 aliphatic heterocycles. The Labute approximate surface area is 173 Å². The Morgan fingerprint density at radius 1 is 1.21 bits per heavy atom. The number of hydrogen-bond acceptors (Lipinski definition) is 5. The molecular weight excluding hydrogens is 422 g/mol. The van der Waals surface area contributed by atoms with E-state index in [2.05, 4.69) is 29.8 Å².